The average Bonchev–Trinajstić information content (AvgIpc) is 2.63. The predicted molar refractivity (Wildman–Crippen MR) is 98.3 cm³/mol. The number of carboxylic acids is 1. The van der Waals surface area contributed by atoms with E-state index in [1.165, 1.54) is 18.2 Å². The van der Waals surface area contributed by atoms with Crippen LogP contribution in [-0.4, -0.2) is 23.9 Å². The number of benzene rings is 2. The van der Waals surface area contributed by atoms with E-state index in [2.05, 4.69) is 0 Å². The number of carboxylic acid groups (broad SMARTS) is 1. The molecule has 9 heteroatoms. The molecule has 1 atom stereocenters. The van der Waals surface area contributed by atoms with Crippen molar-refractivity contribution >= 4 is 5.97 Å². The SMILES string of the molecule is CC(C)CC(C(=O)O)c1ccc(-c2ccc(C(F)(F)F)cc2)c(OCC(F)(F)F)c1. The quantitative estimate of drug-likeness (QED) is 0.504. The Morgan fingerprint density at radius 2 is 1.60 bits per heavy atom. The minimum absolute atomic E-state index is 0.0141. The summed E-state index contributed by atoms with van der Waals surface area (Å²) in [6, 6.07) is 7.89. The highest BCUT2D eigenvalue weighted by Gasteiger charge is 2.31. The molecule has 164 valence electrons. The molecule has 0 saturated carbocycles. The molecule has 0 aliphatic heterocycles. The molecule has 2 rings (SSSR count). The van der Waals surface area contributed by atoms with Crippen LogP contribution in [0, 0.1) is 5.92 Å². The summed E-state index contributed by atoms with van der Waals surface area (Å²) in [6.07, 6.45) is -8.94. The van der Waals surface area contributed by atoms with E-state index >= 15 is 0 Å². The molecule has 2 aromatic rings. The van der Waals surface area contributed by atoms with Crippen LogP contribution in [0.5, 0.6) is 5.75 Å². The van der Waals surface area contributed by atoms with E-state index in [4.69, 9.17) is 4.74 Å². The monoisotopic (exact) mass is 434 g/mol. The number of alkyl halides is 6. The largest absolute Gasteiger partial charge is 0.483 e. The van der Waals surface area contributed by atoms with Gasteiger partial charge in [0.15, 0.2) is 6.61 Å². The van der Waals surface area contributed by atoms with Crippen LogP contribution in [0.2, 0.25) is 0 Å². The lowest BCUT2D eigenvalue weighted by Gasteiger charge is -2.19. The van der Waals surface area contributed by atoms with Crippen LogP contribution in [0.1, 0.15) is 37.3 Å². The van der Waals surface area contributed by atoms with Crippen molar-refractivity contribution in [1.82, 2.24) is 0 Å². The normalized spacial score (nSPS) is 13.4. The van der Waals surface area contributed by atoms with Gasteiger partial charge >= 0.3 is 18.3 Å². The first kappa shape index (κ1) is 23.6. The summed E-state index contributed by atoms with van der Waals surface area (Å²) < 4.78 is 81.2. The Balaban J connectivity index is 2.49. The number of rotatable bonds is 7. The van der Waals surface area contributed by atoms with Gasteiger partial charge in [0.1, 0.15) is 5.75 Å². The molecule has 2 aromatic carbocycles. The first-order valence-corrected chi connectivity index (χ1v) is 9.02. The summed E-state index contributed by atoms with van der Waals surface area (Å²) in [7, 11) is 0. The second-order valence-corrected chi connectivity index (χ2v) is 7.25. The van der Waals surface area contributed by atoms with Crippen molar-refractivity contribution in [2.75, 3.05) is 6.61 Å². The van der Waals surface area contributed by atoms with Crippen LogP contribution in [0.25, 0.3) is 11.1 Å². The van der Waals surface area contributed by atoms with Crippen LogP contribution in [-0.2, 0) is 11.0 Å². The average molecular weight is 434 g/mol. The second kappa shape index (κ2) is 8.97. The van der Waals surface area contributed by atoms with Crippen LogP contribution < -0.4 is 4.74 Å². The minimum atomic E-state index is -4.64. The molecule has 0 fully saturated rings. The molecule has 0 spiro atoms. The zero-order valence-electron chi connectivity index (χ0n) is 16.1. The third-order valence-electron chi connectivity index (χ3n) is 4.33. The third kappa shape index (κ3) is 6.40. The van der Waals surface area contributed by atoms with Gasteiger partial charge in [0.2, 0.25) is 0 Å². The summed E-state index contributed by atoms with van der Waals surface area (Å²) in [6.45, 7) is 2.01. The number of aliphatic carboxylic acids is 1. The summed E-state index contributed by atoms with van der Waals surface area (Å²) in [5, 5.41) is 9.49. The van der Waals surface area contributed by atoms with Crippen molar-refractivity contribution < 1.29 is 41.0 Å². The maximum atomic E-state index is 12.8. The standard InChI is InChI=1S/C21H20F6O3/c1-12(2)9-17(19(28)29)14-5-8-16(18(10-14)30-11-20(22,23)24)13-3-6-15(7-4-13)21(25,26)27/h3-8,10,12,17H,9,11H2,1-2H3,(H,28,29). The highest BCUT2D eigenvalue weighted by Crippen LogP contribution is 2.37. The number of hydrogen-bond donors (Lipinski definition) is 1. The maximum absolute atomic E-state index is 12.8. The Hall–Kier alpha value is -2.71. The van der Waals surface area contributed by atoms with Gasteiger partial charge in [0.25, 0.3) is 0 Å². The van der Waals surface area contributed by atoms with Gasteiger partial charge in [-0.05, 0) is 41.7 Å². The molecule has 0 radical (unpaired) electrons. The lowest BCUT2D eigenvalue weighted by molar-refractivity contribution is -0.153. The van der Waals surface area contributed by atoms with Crippen molar-refractivity contribution in [3.63, 3.8) is 0 Å². The summed E-state index contributed by atoms with van der Waals surface area (Å²) in [5.41, 5.74) is -0.305. The first-order valence-electron chi connectivity index (χ1n) is 9.02. The molecule has 0 aliphatic carbocycles. The van der Waals surface area contributed by atoms with Crippen molar-refractivity contribution in [2.24, 2.45) is 5.92 Å². The number of halogens is 6. The number of ether oxygens (including phenoxy) is 1. The lowest BCUT2D eigenvalue weighted by Crippen LogP contribution is -2.20. The summed E-state index contributed by atoms with van der Waals surface area (Å²) in [4.78, 5) is 11.6. The molecule has 0 heterocycles. The Morgan fingerprint density at radius 3 is 2.07 bits per heavy atom. The second-order valence-electron chi connectivity index (χ2n) is 7.25. The van der Waals surface area contributed by atoms with Gasteiger partial charge in [-0.2, -0.15) is 26.3 Å². The Kier molecular flexibility index (Phi) is 7.05. The molecule has 0 aliphatic rings. The fourth-order valence-electron chi connectivity index (χ4n) is 2.96. The van der Waals surface area contributed by atoms with Crippen LogP contribution in [0.3, 0.4) is 0 Å². The molecule has 1 unspecified atom stereocenters. The van der Waals surface area contributed by atoms with E-state index < -0.39 is 36.4 Å². The maximum Gasteiger partial charge on any atom is 0.422 e. The van der Waals surface area contributed by atoms with Gasteiger partial charge in [-0.15, -0.1) is 0 Å². The summed E-state index contributed by atoms with van der Waals surface area (Å²) in [5.74, 6) is -2.33. The molecular formula is C21H20F6O3. The fraction of sp³-hybridized carbons (Fsp3) is 0.381. The molecule has 0 aromatic heterocycles. The van der Waals surface area contributed by atoms with E-state index in [9.17, 15) is 36.2 Å². The zero-order valence-corrected chi connectivity index (χ0v) is 16.1. The highest BCUT2D eigenvalue weighted by molar-refractivity contribution is 5.78. The van der Waals surface area contributed by atoms with Gasteiger partial charge in [-0.3, -0.25) is 4.79 Å². The zero-order chi connectivity index (χ0) is 22.7. The van der Waals surface area contributed by atoms with Crippen LogP contribution in [0.15, 0.2) is 42.5 Å². The van der Waals surface area contributed by atoms with Gasteiger partial charge < -0.3 is 9.84 Å². The van der Waals surface area contributed by atoms with E-state index in [-0.39, 0.29) is 34.8 Å². The predicted octanol–water partition coefficient (Wildman–Crippen LogP) is 6.53. The van der Waals surface area contributed by atoms with Crippen molar-refractivity contribution in [3.05, 3.63) is 53.6 Å². The van der Waals surface area contributed by atoms with Gasteiger partial charge in [-0.25, -0.2) is 0 Å². The van der Waals surface area contributed by atoms with Gasteiger partial charge in [0, 0.05) is 5.56 Å². The van der Waals surface area contributed by atoms with E-state index in [0.717, 1.165) is 24.3 Å². The topological polar surface area (TPSA) is 46.5 Å². The summed E-state index contributed by atoms with van der Waals surface area (Å²) >= 11 is 0. The molecule has 30 heavy (non-hydrogen) atoms. The van der Waals surface area contributed by atoms with E-state index in [1.807, 2.05) is 13.8 Å². The Labute approximate surface area is 169 Å². The number of hydrogen-bond acceptors (Lipinski definition) is 2. The molecule has 3 nitrogen and oxygen atoms in total. The van der Waals surface area contributed by atoms with Crippen molar-refractivity contribution in [3.8, 4) is 16.9 Å². The molecular weight excluding hydrogens is 414 g/mol. The Bertz CT molecular complexity index is 870. The van der Waals surface area contributed by atoms with E-state index in [0.29, 0.717) is 0 Å². The smallest absolute Gasteiger partial charge is 0.422 e. The molecule has 0 amide bonds. The van der Waals surface area contributed by atoms with Gasteiger partial charge in [-0.1, -0.05) is 38.1 Å². The first-order chi connectivity index (χ1) is 13.8. The minimum Gasteiger partial charge on any atom is -0.483 e. The van der Waals surface area contributed by atoms with Gasteiger partial charge in [0.05, 0.1) is 11.5 Å². The van der Waals surface area contributed by atoms with Crippen LogP contribution in [0.4, 0.5) is 26.3 Å². The fourth-order valence-corrected chi connectivity index (χ4v) is 2.96. The molecule has 0 saturated heterocycles. The highest BCUT2D eigenvalue weighted by atomic mass is 19.4. The molecule has 1 N–H and O–H groups in total. The van der Waals surface area contributed by atoms with E-state index in [1.54, 1.807) is 0 Å². The Morgan fingerprint density at radius 1 is 1.00 bits per heavy atom. The third-order valence-corrected chi connectivity index (χ3v) is 4.33. The van der Waals surface area contributed by atoms with Crippen molar-refractivity contribution in [1.29, 1.82) is 0 Å². The lowest BCUT2D eigenvalue weighted by atomic mass is 9.89. The van der Waals surface area contributed by atoms with Crippen molar-refractivity contribution in [2.45, 2.75) is 38.5 Å². The number of carbonyl (C=O) groups is 1. The van der Waals surface area contributed by atoms with Crippen LogP contribution >= 0.6 is 0 Å². The molecule has 0 bridgehead atoms.